The highest BCUT2D eigenvalue weighted by Gasteiger charge is 2.32. The molecule has 1 aromatic carbocycles. The van der Waals surface area contributed by atoms with E-state index >= 15 is 0 Å². The SMILES string of the molecule is CCN(CCN(OC)C(C)=O)c1c(F)cc(N2C[C@H](CN)OC2=O)cc1F. The fraction of sp³-hybridized carbons (Fsp3) is 0.529. The summed E-state index contributed by atoms with van der Waals surface area (Å²) in [4.78, 5) is 30.8. The zero-order valence-electron chi connectivity index (χ0n) is 15.6. The van der Waals surface area contributed by atoms with Crippen molar-refractivity contribution in [3.05, 3.63) is 23.8 Å². The summed E-state index contributed by atoms with van der Waals surface area (Å²) >= 11 is 0. The van der Waals surface area contributed by atoms with Gasteiger partial charge in [0.1, 0.15) is 11.8 Å². The lowest BCUT2D eigenvalue weighted by molar-refractivity contribution is -0.172. The van der Waals surface area contributed by atoms with Crippen molar-refractivity contribution in [1.29, 1.82) is 0 Å². The summed E-state index contributed by atoms with van der Waals surface area (Å²) in [5.74, 6) is -1.95. The lowest BCUT2D eigenvalue weighted by Crippen LogP contribution is -2.37. The average molecular weight is 386 g/mol. The van der Waals surface area contributed by atoms with Crippen LogP contribution in [0, 0.1) is 11.6 Å². The standard InChI is InChI=1S/C17H24F2N4O4/c1-4-21(5-6-23(26-3)11(2)24)16-14(18)7-12(8-15(16)19)22-10-13(9-20)27-17(22)25/h7-8,13H,4-6,9-10,20H2,1-3H3/t13-/m0/s1. The van der Waals surface area contributed by atoms with E-state index in [0.29, 0.717) is 6.54 Å². The van der Waals surface area contributed by atoms with E-state index in [1.165, 1.54) is 18.9 Å². The summed E-state index contributed by atoms with van der Waals surface area (Å²) in [6.07, 6.45) is -1.21. The summed E-state index contributed by atoms with van der Waals surface area (Å²) in [5, 5.41) is 1.10. The van der Waals surface area contributed by atoms with Gasteiger partial charge in [0.05, 0.1) is 25.9 Å². The summed E-state index contributed by atoms with van der Waals surface area (Å²) in [6, 6.07) is 2.17. The van der Waals surface area contributed by atoms with Crippen molar-refractivity contribution in [2.75, 3.05) is 49.6 Å². The van der Waals surface area contributed by atoms with Gasteiger partial charge in [-0.05, 0) is 6.92 Å². The minimum Gasteiger partial charge on any atom is -0.443 e. The number of nitrogens with two attached hydrogens (primary N) is 1. The molecule has 1 heterocycles. The maximum atomic E-state index is 14.7. The first kappa shape index (κ1) is 20.8. The Balaban J connectivity index is 2.22. The Bertz CT molecular complexity index is 681. The normalized spacial score (nSPS) is 16.4. The molecule has 0 bridgehead atoms. The summed E-state index contributed by atoms with van der Waals surface area (Å²) < 4.78 is 34.4. The Hall–Kier alpha value is -2.46. The second kappa shape index (κ2) is 8.96. The molecule has 1 saturated heterocycles. The van der Waals surface area contributed by atoms with Crippen molar-refractivity contribution in [1.82, 2.24) is 5.06 Å². The highest BCUT2D eigenvalue weighted by molar-refractivity contribution is 5.90. The molecule has 150 valence electrons. The smallest absolute Gasteiger partial charge is 0.414 e. The van der Waals surface area contributed by atoms with Crippen LogP contribution in [0.25, 0.3) is 0 Å². The van der Waals surface area contributed by atoms with E-state index in [4.69, 9.17) is 15.3 Å². The molecule has 8 nitrogen and oxygen atoms in total. The van der Waals surface area contributed by atoms with Gasteiger partial charge in [0.2, 0.25) is 5.91 Å². The number of hydroxylamine groups is 2. The number of carbonyl (C=O) groups is 2. The van der Waals surface area contributed by atoms with Gasteiger partial charge < -0.3 is 15.4 Å². The van der Waals surface area contributed by atoms with Crippen LogP contribution >= 0.6 is 0 Å². The Labute approximate surface area is 156 Å². The van der Waals surface area contributed by atoms with E-state index in [1.54, 1.807) is 6.92 Å². The predicted octanol–water partition coefficient (Wildman–Crippen LogP) is 1.48. The van der Waals surface area contributed by atoms with Gasteiger partial charge in [-0.25, -0.2) is 18.6 Å². The van der Waals surface area contributed by atoms with Gasteiger partial charge in [-0.15, -0.1) is 0 Å². The molecule has 0 aromatic heterocycles. The van der Waals surface area contributed by atoms with Crippen molar-refractivity contribution in [3.8, 4) is 0 Å². The van der Waals surface area contributed by atoms with Crippen LogP contribution in [0.15, 0.2) is 12.1 Å². The highest BCUT2D eigenvalue weighted by atomic mass is 19.1. The molecule has 0 unspecified atom stereocenters. The molecule has 1 aromatic rings. The third-order valence-corrected chi connectivity index (χ3v) is 4.29. The molecular weight excluding hydrogens is 362 g/mol. The highest BCUT2D eigenvalue weighted by Crippen LogP contribution is 2.30. The van der Waals surface area contributed by atoms with Gasteiger partial charge in [-0.1, -0.05) is 0 Å². The van der Waals surface area contributed by atoms with E-state index < -0.39 is 23.8 Å². The van der Waals surface area contributed by atoms with Crippen LogP contribution in [-0.2, 0) is 14.4 Å². The predicted molar refractivity (Wildman–Crippen MR) is 95.3 cm³/mol. The molecule has 1 fully saturated rings. The van der Waals surface area contributed by atoms with Gasteiger partial charge in [0.25, 0.3) is 0 Å². The molecule has 2 N–H and O–H groups in total. The molecule has 0 aliphatic carbocycles. The maximum absolute atomic E-state index is 14.7. The molecule has 1 aliphatic heterocycles. The van der Waals surface area contributed by atoms with Gasteiger partial charge in [-0.2, -0.15) is 0 Å². The monoisotopic (exact) mass is 386 g/mol. The number of halogens is 2. The Morgan fingerprint density at radius 3 is 2.44 bits per heavy atom. The second-order valence-corrected chi connectivity index (χ2v) is 5.99. The first-order valence-electron chi connectivity index (χ1n) is 8.56. The van der Waals surface area contributed by atoms with Gasteiger partial charge in [0, 0.05) is 38.7 Å². The largest absolute Gasteiger partial charge is 0.443 e. The molecule has 10 heteroatoms. The first-order valence-corrected chi connectivity index (χ1v) is 8.56. The van der Waals surface area contributed by atoms with Crippen LogP contribution in [-0.4, -0.2) is 63.0 Å². The van der Waals surface area contributed by atoms with Crippen molar-refractivity contribution in [2.45, 2.75) is 20.0 Å². The number of cyclic esters (lactones) is 1. The van der Waals surface area contributed by atoms with Gasteiger partial charge >= 0.3 is 6.09 Å². The number of rotatable bonds is 8. The number of likely N-dealkylation sites (N-methyl/N-ethyl adjacent to an activating group) is 1. The fourth-order valence-corrected chi connectivity index (χ4v) is 2.88. The zero-order valence-corrected chi connectivity index (χ0v) is 15.6. The zero-order chi connectivity index (χ0) is 20.1. The molecular formula is C17H24F2N4O4. The molecule has 2 amide bonds. The van der Waals surface area contributed by atoms with E-state index in [9.17, 15) is 18.4 Å². The number of amides is 2. The average Bonchev–Trinajstić information content (AvgIpc) is 3.00. The van der Waals surface area contributed by atoms with Crippen LogP contribution in [0.2, 0.25) is 0 Å². The lowest BCUT2D eigenvalue weighted by atomic mass is 10.2. The number of benzene rings is 1. The van der Waals surface area contributed by atoms with Crippen molar-refractivity contribution in [2.24, 2.45) is 5.73 Å². The van der Waals surface area contributed by atoms with Crippen LogP contribution in [0.1, 0.15) is 13.8 Å². The van der Waals surface area contributed by atoms with Crippen LogP contribution < -0.4 is 15.5 Å². The van der Waals surface area contributed by atoms with Crippen molar-refractivity contribution < 1.29 is 27.9 Å². The molecule has 2 rings (SSSR count). The third kappa shape index (κ3) is 4.64. The molecule has 0 radical (unpaired) electrons. The number of hydrogen-bond donors (Lipinski definition) is 1. The number of carbonyl (C=O) groups excluding carboxylic acids is 2. The summed E-state index contributed by atoms with van der Waals surface area (Å²) in [7, 11) is 1.34. The van der Waals surface area contributed by atoms with E-state index in [-0.39, 0.29) is 43.5 Å². The molecule has 1 atom stereocenters. The Morgan fingerprint density at radius 2 is 2.00 bits per heavy atom. The van der Waals surface area contributed by atoms with Crippen LogP contribution in [0.5, 0.6) is 0 Å². The Kier molecular flexibility index (Phi) is 6.92. The summed E-state index contributed by atoms with van der Waals surface area (Å²) in [6.45, 7) is 3.94. The van der Waals surface area contributed by atoms with Crippen LogP contribution in [0.3, 0.4) is 0 Å². The molecule has 27 heavy (non-hydrogen) atoms. The molecule has 1 aliphatic rings. The van der Waals surface area contributed by atoms with E-state index in [0.717, 1.165) is 22.1 Å². The van der Waals surface area contributed by atoms with Crippen molar-refractivity contribution in [3.63, 3.8) is 0 Å². The minimum absolute atomic E-state index is 0.0630. The second-order valence-electron chi connectivity index (χ2n) is 5.99. The summed E-state index contributed by atoms with van der Waals surface area (Å²) in [5.41, 5.74) is 5.30. The lowest BCUT2D eigenvalue weighted by Gasteiger charge is -2.27. The van der Waals surface area contributed by atoms with Crippen LogP contribution in [0.4, 0.5) is 25.0 Å². The molecule has 0 saturated carbocycles. The Morgan fingerprint density at radius 1 is 1.37 bits per heavy atom. The number of hydrogen-bond acceptors (Lipinski definition) is 6. The van der Waals surface area contributed by atoms with Gasteiger partial charge in [-0.3, -0.25) is 14.5 Å². The van der Waals surface area contributed by atoms with Crippen molar-refractivity contribution >= 4 is 23.4 Å². The third-order valence-electron chi connectivity index (χ3n) is 4.29. The molecule has 0 spiro atoms. The van der Waals surface area contributed by atoms with E-state index in [2.05, 4.69) is 0 Å². The van der Waals surface area contributed by atoms with E-state index in [1.807, 2.05) is 0 Å². The van der Waals surface area contributed by atoms with Gasteiger partial charge in [0.15, 0.2) is 11.6 Å². The number of anilines is 2. The first-order chi connectivity index (χ1) is 12.8. The topological polar surface area (TPSA) is 88.3 Å². The number of ether oxygens (including phenoxy) is 1. The minimum atomic E-state index is -0.817. The fourth-order valence-electron chi connectivity index (χ4n) is 2.88. The maximum Gasteiger partial charge on any atom is 0.414 e. The number of nitrogens with zero attached hydrogens (tertiary/aromatic N) is 3. The quantitative estimate of drug-likeness (QED) is 0.681.